The highest BCUT2D eigenvalue weighted by Crippen LogP contribution is 2.46. The van der Waals surface area contributed by atoms with Crippen molar-refractivity contribution in [3.05, 3.63) is 70.8 Å². The number of benzene rings is 2. The molecule has 1 aliphatic rings. The van der Waals surface area contributed by atoms with Gasteiger partial charge in [-0.25, -0.2) is 0 Å². The van der Waals surface area contributed by atoms with Crippen molar-refractivity contribution >= 4 is 11.8 Å². The number of rotatable bonds is 3. The van der Waals surface area contributed by atoms with Gasteiger partial charge < -0.3 is 4.74 Å². The van der Waals surface area contributed by atoms with Crippen molar-refractivity contribution in [2.24, 2.45) is 5.41 Å². The molecule has 0 bridgehead atoms. The summed E-state index contributed by atoms with van der Waals surface area (Å²) in [6, 6.07) is 15.0. The van der Waals surface area contributed by atoms with Gasteiger partial charge in [-0.15, -0.1) is 0 Å². The van der Waals surface area contributed by atoms with Gasteiger partial charge in [0, 0.05) is 22.3 Å². The molecule has 3 heteroatoms. The van der Waals surface area contributed by atoms with Crippen LogP contribution in [-0.2, 0) is 15.1 Å². The first-order valence-electron chi connectivity index (χ1n) is 8.78. The van der Waals surface area contributed by atoms with Gasteiger partial charge in [-0.3, -0.25) is 9.59 Å². The van der Waals surface area contributed by atoms with Crippen LogP contribution in [0.25, 0.3) is 0 Å². The predicted molar refractivity (Wildman–Crippen MR) is 97.6 cm³/mol. The molecule has 0 spiro atoms. The first kappa shape index (κ1) is 17.4. The summed E-state index contributed by atoms with van der Waals surface area (Å²) in [4.78, 5) is 25.7. The van der Waals surface area contributed by atoms with Crippen LogP contribution in [-0.4, -0.2) is 11.8 Å². The molecule has 0 amide bonds. The first-order chi connectivity index (χ1) is 11.8. The highest BCUT2D eigenvalue weighted by atomic mass is 16.6. The van der Waals surface area contributed by atoms with E-state index in [4.69, 9.17) is 4.74 Å². The predicted octanol–water partition coefficient (Wildman–Crippen LogP) is 4.86. The number of carbonyl (C=O) groups excluding carboxylic acids is 2. The smallest absolute Gasteiger partial charge is 0.312 e. The number of esters is 1. The standard InChI is InChI=1S/C22H24O3/c1-5-14-22(25-20(24)21(2,3)4)17-12-8-6-10-15(17)19(23)16-11-7-9-13-18(16)22/h6-13H,5,14H2,1-4H3. The van der Waals surface area contributed by atoms with E-state index in [0.717, 1.165) is 17.5 Å². The molecule has 0 aliphatic heterocycles. The molecule has 2 aromatic rings. The molecule has 3 rings (SSSR count). The Morgan fingerprint density at radius 3 is 1.88 bits per heavy atom. The van der Waals surface area contributed by atoms with Crippen LogP contribution < -0.4 is 0 Å². The van der Waals surface area contributed by atoms with Gasteiger partial charge in [-0.2, -0.15) is 0 Å². The summed E-state index contributed by atoms with van der Waals surface area (Å²) >= 11 is 0. The summed E-state index contributed by atoms with van der Waals surface area (Å²) in [5, 5.41) is 0. The average Bonchev–Trinajstić information content (AvgIpc) is 2.59. The lowest BCUT2D eigenvalue weighted by molar-refractivity contribution is -0.167. The van der Waals surface area contributed by atoms with E-state index in [1.807, 2.05) is 69.3 Å². The van der Waals surface area contributed by atoms with Crippen LogP contribution in [0.4, 0.5) is 0 Å². The molecule has 0 atom stereocenters. The summed E-state index contributed by atoms with van der Waals surface area (Å²) in [7, 11) is 0. The minimum Gasteiger partial charge on any atom is -0.449 e. The quantitative estimate of drug-likeness (QED) is 0.752. The van der Waals surface area contributed by atoms with E-state index < -0.39 is 11.0 Å². The van der Waals surface area contributed by atoms with Crippen LogP contribution in [0.3, 0.4) is 0 Å². The monoisotopic (exact) mass is 336 g/mol. The maximum atomic E-state index is 12.9. The second-order valence-electron chi connectivity index (χ2n) is 7.64. The van der Waals surface area contributed by atoms with E-state index in [1.165, 1.54) is 0 Å². The van der Waals surface area contributed by atoms with Crippen LogP contribution >= 0.6 is 0 Å². The summed E-state index contributed by atoms with van der Waals surface area (Å²) < 4.78 is 6.19. The number of hydrogen-bond donors (Lipinski definition) is 0. The van der Waals surface area contributed by atoms with Crippen molar-refractivity contribution in [1.82, 2.24) is 0 Å². The van der Waals surface area contributed by atoms with Crippen molar-refractivity contribution < 1.29 is 14.3 Å². The third-order valence-electron chi connectivity index (χ3n) is 4.69. The average molecular weight is 336 g/mol. The van der Waals surface area contributed by atoms with E-state index in [0.29, 0.717) is 17.5 Å². The van der Waals surface area contributed by atoms with Gasteiger partial charge in [-0.05, 0) is 27.2 Å². The Morgan fingerprint density at radius 1 is 0.960 bits per heavy atom. The van der Waals surface area contributed by atoms with Gasteiger partial charge in [0.1, 0.15) is 0 Å². The van der Waals surface area contributed by atoms with Crippen LogP contribution in [0, 0.1) is 5.41 Å². The Hall–Kier alpha value is -2.42. The van der Waals surface area contributed by atoms with Crippen molar-refractivity contribution in [3.8, 4) is 0 Å². The molecule has 0 unspecified atom stereocenters. The summed E-state index contributed by atoms with van der Waals surface area (Å²) in [5.74, 6) is -0.273. The Balaban J connectivity index is 2.28. The fraction of sp³-hybridized carbons (Fsp3) is 0.364. The Morgan fingerprint density at radius 2 is 1.44 bits per heavy atom. The molecular formula is C22H24O3. The lowest BCUT2D eigenvalue weighted by atomic mass is 9.71. The van der Waals surface area contributed by atoms with Crippen molar-refractivity contribution in [2.45, 2.75) is 46.1 Å². The maximum absolute atomic E-state index is 12.9. The number of ether oxygens (including phenoxy) is 1. The molecule has 2 aromatic carbocycles. The van der Waals surface area contributed by atoms with Crippen LogP contribution in [0.2, 0.25) is 0 Å². The summed E-state index contributed by atoms with van der Waals surface area (Å²) in [6.45, 7) is 7.61. The van der Waals surface area contributed by atoms with E-state index >= 15 is 0 Å². The normalized spacial score (nSPS) is 15.3. The third-order valence-corrected chi connectivity index (χ3v) is 4.69. The molecule has 25 heavy (non-hydrogen) atoms. The highest BCUT2D eigenvalue weighted by molar-refractivity contribution is 6.13. The lowest BCUT2D eigenvalue weighted by Gasteiger charge is -2.41. The van der Waals surface area contributed by atoms with E-state index in [-0.39, 0.29) is 11.8 Å². The van der Waals surface area contributed by atoms with Crippen molar-refractivity contribution in [2.75, 3.05) is 0 Å². The molecular weight excluding hydrogens is 312 g/mol. The van der Waals surface area contributed by atoms with Crippen LogP contribution in [0.5, 0.6) is 0 Å². The van der Waals surface area contributed by atoms with Gasteiger partial charge in [-0.1, -0.05) is 61.9 Å². The van der Waals surface area contributed by atoms with Crippen LogP contribution in [0.1, 0.15) is 67.6 Å². The maximum Gasteiger partial charge on any atom is 0.312 e. The zero-order chi connectivity index (χ0) is 18.2. The molecule has 3 nitrogen and oxygen atoms in total. The molecule has 0 saturated carbocycles. The van der Waals surface area contributed by atoms with Crippen molar-refractivity contribution in [1.29, 1.82) is 0 Å². The second-order valence-corrected chi connectivity index (χ2v) is 7.64. The number of ketones is 1. The number of hydrogen-bond acceptors (Lipinski definition) is 3. The molecule has 130 valence electrons. The van der Waals surface area contributed by atoms with Gasteiger partial charge in [0.25, 0.3) is 0 Å². The first-order valence-corrected chi connectivity index (χ1v) is 8.78. The second kappa shape index (κ2) is 6.14. The highest BCUT2D eigenvalue weighted by Gasteiger charge is 2.47. The topological polar surface area (TPSA) is 43.4 Å². The fourth-order valence-corrected chi connectivity index (χ4v) is 3.45. The van der Waals surface area contributed by atoms with Crippen LogP contribution in [0.15, 0.2) is 48.5 Å². The summed E-state index contributed by atoms with van der Waals surface area (Å²) in [6.07, 6.45) is 1.46. The minimum absolute atomic E-state index is 0.00950. The van der Waals surface area contributed by atoms with E-state index in [9.17, 15) is 9.59 Å². The minimum atomic E-state index is -0.916. The number of carbonyl (C=O) groups is 2. The van der Waals surface area contributed by atoms with Gasteiger partial charge in [0.05, 0.1) is 5.41 Å². The molecule has 0 aromatic heterocycles. The Bertz CT molecular complexity index is 778. The largest absolute Gasteiger partial charge is 0.449 e. The SMILES string of the molecule is CCCC1(OC(=O)C(C)(C)C)c2ccccc2C(=O)c2ccccc21. The molecule has 0 N–H and O–H groups in total. The Kier molecular flexibility index (Phi) is 4.28. The molecule has 0 heterocycles. The van der Waals surface area contributed by atoms with Crippen molar-refractivity contribution in [3.63, 3.8) is 0 Å². The molecule has 0 saturated heterocycles. The fourth-order valence-electron chi connectivity index (χ4n) is 3.45. The number of fused-ring (bicyclic) bond motifs is 2. The molecule has 1 aliphatic carbocycles. The van der Waals surface area contributed by atoms with Gasteiger partial charge in [0.15, 0.2) is 11.4 Å². The molecule has 0 radical (unpaired) electrons. The lowest BCUT2D eigenvalue weighted by Crippen LogP contribution is -2.42. The molecule has 0 fully saturated rings. The van der Waals surface area contributed by atoms with E-state index in [2.05, 4.69) is 6.92 Å². The zero-order valence-electron chi connectivity index (χ0n) is 15.3. The van der Waals surface area contributed by atoms with Gasteiger partial charge >= 0.3 is 5.97 Å². The van der Waals surface area contributed by atoms with E-state index in [1.54, 1.807) is 0 Å². The zero-order valence-corrected chi connectivity index (χ0v) is 15.3. The summed E-state index contributed by atoms with van der Waals surface area (Å²) in [5.41, 5.74) is 1.29. The Labute approximate surface area is 149 Å². The van der Waals surface area contributed by atoms with Gasteiger partial charge in [0.2, 0.25) is 0 Å². The third kappa shape index (κ3) is 2.78.